The number of benzene rings is 1. The van der Waals surface area contributed by atoms with Gasteiger partial charge < -0.3 is 14.6 Å². The monoisotopic (exact) mass is 279 g/mol. The molecule has 0 aromatic heterocycles. The van der Waals surface area contributed by atoms with Crippen molar-refractivity contribution in [1.82, 2.24) is 4.90 Å². The van der Waals surface area contributed by atoms with Crippen LogP contribution >= 0.6 is 0 Å². The Hall–Kier alpha value is -1.26. The fourth-order valence-electron chi connectivity index (χ4n) is 2.83. The van der Waals surface area contributed by atoms with Gasteiger partial charge in [0.15, 0.2) is 0 Å². The highest BCUT2D eigenvalue weighted by molar-refractivity contribution is 5.40. The minimum Gasteiger partial charge on any atom is -0.497 e. The van der Waals surface area contributed by atoms with Gasteiger partial charge in [0.2, 0.25) is 0 Å². The van der Waals surface area contributed by atoms with Gasteiger partial charge in [-0.3, -0.25) is 4.90 Å². The number of likely N-dealkylation sites (tertiary alicyclic amines) is 1. The van der Waals surface area contributed by atoms with Gasteiger partial charge in [0.05, 0.1) is 14.2 Å². The number of rotatable bonds is 5. The van der Waals surface area contributed by atoms with Crippen molar-refractivity contribution in [2.45, 2.75) is 32.4 Å². The molecule has 0 radical (unpaired) electrons. The SMILES string of the molecule is COc1ccc(CN2CC(CO)CCC2C)c(OC)c1. The van der Waals surface area contributed by atoms with Gasteiger partial charge in [-0.05, 0) is 31.7 Å². The van der Waals surface area contributed by atoms with Crippen LogP contribution in [0.25, 0.3) is 0 Å². The number of methoxy groups -OCH3 is 2. The van der Waals surface area contributed by atoms with E-state index in [4.69, 9.17) is 9.47 Å². The first-order chi connectivity index (χ1) is 9.67. The average Bonchev–Trinajstić information content (AvgIpc) is 2.49. The van der Waals surface area contributed by atoms with E-state index in [1.54, 1.807) is 14.2 Å². The summed E-state index contributed by atoms with van der Waals surface area (Å²) < 4.78 is 10.7. The van der Waals surface area contributed by atoms with Crippen molar-refractivity contribution in [2.75, 3.05) is 27.4 Å². The van der Waals surface area contributed by atoms with Crippen molar-refractivity contribution >= 4 is 0 Å². The molecule has 4 heteroatoms. The molecule has 2 unspecified atom stereocenters. The molecule has 0 aliphatic carbocycles. The normalized spacial score (nSPS) is 23.6. The third-order valence-electron chi connectivity index (χ3n) is 4.23. The van der Waals surface area contributed by atoms with Crippen molar-refractivity contribution in [3.8, 4) is 11.5 Å². The molecule has 20 heavy (non-hydrogen) atoms. The van der Waals surface area contributed by atoms with Gasteiger partial charge in [-0.25, -0.2) is 0 Å². The molecule has 1 N–H and O–H groups in total. The Bertz CT molecular complexity index is 436. The average molecular weight is 279 g/mol. The highest BCUT2D eigenvalue weighted by Crippen LogP contribution is 2.29. The molecule has 0 saturated carbocycles. The van der Waals surface area contributed by atoms with Crippen molar-refractivity contribution in [1.29, 1.82) is 0 Å². The first-order valence-electron chi connectivity index (χ1n) is 7.23. The van der Waals surface area contributed by atoms with E-state index in [0.29, 0.717) is 12.0 Å². The number of nitrogens with zero attached hydrogens (tertiary/aromatic N) is 1. The zero-order valence-corrected chi connectivity index (χ0v) is 12.6. The minimum absolute atomic E-state index is 0.281. The Morgan fingerprint density at radius 3 is 2.70 bits per heavy atom. The summed E-state index contributed by atoms with van der Waals surface area (Å²) in [5, 5.41) is 9.36. The molecule has 1 aromatic carbocycles. The van der Waals surface area contributed by atoms with Gasteiger partial charge in [-0.1, -0.05) is 6.07 Å². The van der Waals surface area contributed by atoms with Crippen LogP contribution in [0, 0.1) is 5.92 Å². The molecule has 2 rings (SSSR count). The van der Waals surface area contributed by atoms with Crippen LogP contribution in [-0.4, -0.2) is 43.4 Å². The van der Waals surface area contributed by atoms with Crippen LogP contribution in [-0.2, 0) is 6.54 Å². The Morgan fingerprint density at radius 2 is 2.05 bits per heavy atom. The second-order valence-electron chi connectivity index (χ2n) is 5.58. The topological polar surface area (TPSA) is 41.9 Å². The van der Waals surface area contributed by atoms with E-state index in [1.165, 1.54) is 5.56 Å². The van der Waals surface area contributed by atoms with Crippen LogP contribution in [0.3, 0.4) is 0 Å². The van der Waals surface area contributed by atoms with Crippen LogP contribution in [0.4, 0.5) is 0 Å². The van der Waals surface area contributed by atoms with Crippen LogP contribution in [0.1, 0.15) is 25.3 Å². The first-order valence-corrected chi connectivity index (χ1v) is 7.23. The number of piperidine rings is 1. The van der Waals surface area contributed by atoms with Gasteiger partial charge in [0.1, 0.15) is 11.5 Å². The molecule has 1 fully saturated rings. The largest absolute Gasteiger partial charge is 0.497 e. The molecule has 1 aliphatic rings. The molecule has 2 atom stereocenters. The molecular weight excluding hydrogens is 254 g/mol. The highest BCUT2D eigenvalue weighted by Gasteiger charge is 2.25. The summed E-state index contributed by atoms with van der Waals surface area (Å²) in [5.74, 6) is 2.07. The van der Waals surface area contributed by atoms with Crippen LogP contribution in [0.15, 0.2) is 18.2 Å². The van der Waals surface area contributed by atoms with Crippen LogP contribution in [0.5, 0.6) is 11.5 Å². The molecule has 1 heterocycles. The van der Waals surface area contributed by atoms with E-state index in [9.17, 15) is 5.11 Å². The Balaban J connectivity index is 2.11. The van der Waals surface area contributed by atoms with E-state index in [-0.39, 0.29) is 6.61 Å². The van der Waals surface area contributed by atoms with Crippen molar-refractivity contribution in [2.24, 2.45) is 5.92 Å². The number of ether oxygens (including phenoxy) is 2. The highest BCUT2D eigenvalue weighted by atomic mass is 16.5. The molecule has 0 spiro atoms. The number of hydrogen-bond donors (Lipinski definition) is 1. The predicted molar refractivity (Wildman–Crippen MR) is 79.2 cm³/mol. The molecule has 0 bridgehead atoms. The second kappa shape index (κ2) is 6.95. The molecule has 0 amide bonds. The van der Waals surface area contributed by atoms with Crippen LogP contribution < -0.4 is 9.47 Å². The van der Waals surface area contributed by atoms with Crippen molar-refractivity contribution in [3.63, 3.8) is 0 Å². The van der Waals surface area contributed by atoms with E-state index >= 15 is 0 Å². The summed E-state index contributed by atoms with van der Waals surface area (Å²) in [7, 11) is 3.35. The van der Waals surface area contributed by atoms with E-state index in [2.05, 4.69) is 17.9 Å². The van der Waals surface area contributed by atoms with E-state index in [0.717, 1.165) is 37.4 Å². The zero-order valence-electron chi connectivity index (χ0n) is 12.6. The maximum atomic E-state index is 9.36. The summed E-state index contributed by atoms with van der Waals surface area (Å²) >= 11 is 0. The van der Waals surface area contributed by atoms with E-state index < -0.39 is 0 Å². The van der Waals surface area contributed by atoms with Gasteiger partial charge in [-0.15, -0.1) is 0 Å². The summed E-state index contributed by atoms with van der Waals surface area (Å²) in [6, 6.07) is 6.50. The lowest BCUT2D eigenvalue weighted by Crippen LogP contribution is -2.42. The zero-order chi connectivity index (χ0) is 14.5. The van der Waals surface area contributed by atoms with Gasteiger partial charge in [0.25, 0.3) is 0 Å². The standard InChI is InChI=1S/C16H25NO3/c1-12-4-5-13(11-18)9-17(12)10-14-6-7-15(19-2)8-16(14)20-3/h6-8,12-13,18H,4-5,9-11H2,1-3H3. The first kappa shape index (κ1) is 15.1. The van der Waals surface area contributed by atoms with E-state index in [1.807, 2.05) is 12.1 Å². The Labute approximate surface area is 121 Å². The molecule has 1 saturated heterocycles. The quantitative estimate of drug-likeness (QED) is 0.898. The van der Waals surface area contributed by atoms with Gasteiger partial charge in [0, 0.05) is 37.4 Å². The summed E-state index contributed by atoms with van der Waals surface area (Å²) in [6.07, 6.45) is 2.26. The maximum absolute atomic E-state index is 9.36. The predicted octanol–water partition coefficient (Wildman–Crippen LogP) is 2.30. The van der Waals surface area contributed by atoms with Crippen molar-refractivity contribution in [3.05, 3.63) is 23.8 Å². The Morgan fingerprint density at radius 1 is 1.25 bits per heavy atom. The lowest BCUT2D eigenvalue weighted by molar-refractivity contribution is 0.0765. The Kier molecular flexibility index (Phi) is 5.26. The summed E-state index contributed by atoms with van der Waals surface area (Å²) in [5.41, 5.74) is 1.17. The molecular formula is C16H25NO3. The molecule has 1 aliphatic heterocycles. The van der Waals surface area contributed by atoms with Crippen LogP contribution in [0.2, 0.25) is 0 Å². The lowest BCUT2D eigenvalue weighted by atomic mass is 9.93. The molecule has 1 aromatic rings. The number of aliphatic hydroxyl groups is 1. The second-order valence-corrected chi connectivity index (χ2v) is 5.58. The number of aliphatic hydroxyl groups excluding tert-OH is 1. The summed E-state index contributed by atoms with van der Waals surface area (Å²) in [6.45, 7) is 4.34. The molecule has 112 valence electrons. The lowest BCUT2D eigenvalue weighted by Gasteiger charge is -2.37. The summed E-state index contributed by atoms with van der Waals surface area (Å²) in [4.78, 5) is 2.43. The fourth-order valence-corrected chi connectivity index (χ4v) is 2.83. The smallest absolute Gasteiger partial charge is 0.127 e. The molecule has 4 nitrogen and oxygen atoms in total. The fraction of sp³-hybridized carbons (Fsp3) is 0.625. The van der Waals surface area contributed by atoms with Gasteiger partial charge in [-0.2, -0.15) is 0 Å². The maximum Gasteiger partial charge on any atom is 0.127 e. The number of hydrogen-bond acceptors (Lipinski definition) is 4. The van der Waals surface area contributed by atoms with Crippen molar-refractivity contribution < 1.29 is 14.6 Å². The van der Waals surface area contributed by atoms with Gasteiger partial charge >= 0.3 is 0 Å². The third kappa shape index (κ3) is 3.44. The minimum atomic E-state index is 0.281. The third-order valence-corrected chi connectivity index (χ3v) is 4.23.